The lowest BCUT2D eigenvalue weighted by Crippen LogP contribution is -2.20. The fourth-order valence-corrected chi connectivity index (χ4v) is 3.89. The van der Waals surface area contributed by atoms with Crippen LogP contribution in [0.2, 0.25) is 0 Å². The van der Waals surface area contributed by atoms with Gasteiger partial charge in [0, 0.05) is 22.3 Å². The molecule has 0 aliphatic carbocycles. The van der Waals surface area contributed by atoms with E-state index < -0.39 is 0 Å². The van der Waals surface area contributed by atoms with Gasteiger partial charge in [-0.2, -0.15) is 0 Å². The number of benzene rings is 2. The summed E-state index contributed by atoms with van der Waals surface area (Å²) >= 11 is 6.84. The highest BCUT2D eigenvalue weighted by molar-refractivity contribution is 9.11. The SMILES string of the molecule is CCCC(=O)Nc1cccc(NC(=O)COc2c(C)cc(Br)cc2Br)c1. The Bertz CT molecular complexity index is 786. The molecule has 2 amide bonds. The van der Waals surface area contributed by atoms with Crippen molar-refractivity contribution < 1.29 is 14.3 Å². The summed E-state index contributed by atoms with van der Waals surface area (Å²) < 4.78 is 7.34. The van der Waals surface area contributed by atoms with Gasteiger partial charge in [0.15, 0.2) is 6.61 Å². The molecule has 0 radical (unpaired) electrons. The van der Waals surface area contributed by atoms with Crippen molar-refractivity contribution in [2.75, 3.05) is 17.2 Å². The molecule has 26 heavy (non-hydrogen) atoms. The Morgan fingerprint density at radius 2 is 1.69 bits per heavy atom. The van der Waals surface area contributed by atoms with Crippen molar-refractivity contribution in [3.63, 3.8) is 0 Å². The quantitative estimate of drug-likeness (QED) is 0.563. The van der Waals surface area contributed by atoms with Crippen LogP contribution in [-0.4, -0.2) is 18.4 Å². The summed E-state index contributed by atoms with van der Waals surface area (Å²) in [6.07, 6.45) is 1.25. The van der Waals surface area contributed by atoms with Crippen LogP contribution in [-0.2, 0) is 9.59 Å². The molecule has 0 aromatic heterocycles. The van der Waals surface area contributed by atoms with Crippen LogP contribution in [0.3, 0.4) is 0 Å². The Hall–Kier alpha value is -1.86. The Morgan fingerprint density at radius 1 is 1.04 bits per heavy atom. The zero-order chi connectivity index (χ0) is 19.1. The van der Waals surface area contributed by atoms with Gasteiger partial charge in [-0.3, -0.25) is 9.59 Å². The number of halogens is 2. The first-order valence-corrected chi connectivity index (χ1v) is 9.76. The number of amides is 2. The fraction of sp³-hybridized carbons (Fsp3) is 0.263. The van der Waals surface area contributed by atoms with Crippen molar-refractivity contribution in [1.29, 1.82) is 0 Å². The summed E-state index contributed by atoms with van der Waals surface area (Å²) in [6.45, 7) is 3.74. The molecule has 2 N–H and O–H groups in total. The summed E-state index contributed by atoms with van der Waals surface area (Å²) in [6, 6.07) is 10.8. The predicted octanol–water partition coefficient (Wildman–Crippen LogP) is 5.28. The van der Waals surface area contributed by atoms with Crippen molar-refractivity contribution >= 4 is 55.0 Å². The molecule has 0 atom stereocenters. The van der Waals surface area contributed by atoms with Crippen molar-refractivity contribution in [2.24, 2.45) is 0 Å². The lowest BCUT2D eigenvalue weighted by Gasteiger charge is -2.12. The molecule has 0 heterocycles. The van der Waals surface area contributed by atoms with Crippen LogP contribution in [0.15, 0.2) is 45.3 Å². The lowest BCUT2D eigenvalue weighted by molar-refractivity contribution is -0.118. The van der Waals surface area contributed by atoms with E-state index >= 15 is 0 Å². The minimum absolute atomic E-state index is 0.0464. The number of rotatable bonds is 7. The van der Waals surface area contributed by atoms with E-state index in [1.807, 2.05) is 26.0 Å². The second-order valence-electron chi connectivity index (χ2n) is 5.75. The second-order valence-corrected chi connectivity index (χ2v) is 7.52. The molecule has 0 saturated heterocycles. The van der Waals surface area contributed by atoms with Crippen molar-refractivity contribution in [1.82, 2.24) is 0 Å². The van der Waals surface area contributed by atoms with Crippen LogP contribution in [0.25, 0.3) is 0 Å². The molecule has 0 saturated carbocycles. The van der Waals surface area contributed by atoms with Crippen molar-refractivity contribution in [3.05, 3.63) is 50.9 Å². The van der Waals surface area contributed by atoms with E-state index in [1.165, 1.54) is 0 Å². The van der Waals surface area contributed by atoms with E-state index in [-0.39, 0.29) is 18.4 Å². The maximum absolute atomic E-state index is 12.2. The molecule has 0 aliphatic heterocycles. The van der Waals surface area contributed by atoms with Crippen LogP contribution in [0, 0.1) is 6.92 Å². The molecular formula is C19H20Br2N2O3. The van der Waals surface area contributed by atoms with Gasteiger partial charge >= 0.3 is 0 Å². The van der Waals surface area contributed by atoms with E-state index in [0.717, 1.165) is 20.9 Å². The van der Waals surface area contributed by atoms with Gasteiger partial charge in [-0.1, -0.05) is 28.9 Å². The number of anilines is 2. The Balaban J connectivity index is 1.95. The van der Waals surface area contributed by atoms with Gasteiger partial charge in [0.1, 0.15) is 5.75 Å². The van der Waals surface area contributed by atoms with Crippen LogP contribution in [0.4, 0.5) is 11.4 Å². The minimum Gasteiger partial charge on any atom is -0.482 e. The molecule has 0 unspecified atom stereocenters. The van der Waals surface area contributed by atoms with Crippen molar-refractivity contribution in [2.45, 2.75) is 26.7 Å². The third-order valence-electron chi connectivity index (χ3n) is 3.45. The Morgan fingerprint density at radius 3 is 2.31 bits per heavy atom. The highest BCUT2D eigenvalue weighted by atomic mass is 79.9. The topological polar surface area (TPSA) is 67.4 Å². The average Bonchev–Trinajstić information content (AvgIpc) is 2.54. The normalized spacial score (nSPS) is 10.3. The fourth-order valence-electron chi connectivity index (χ4n) is 2.33. The summed E-state index contributed by atoms with van der Waals surface area (Å²) in [7, 11) is 0. The van der Waals surface area contributed by atoms with Gasteiger partial charge in [0.05, 0.1) is 4.47 Å². The molecule has 2 rings (SSSR count). The standard InChI is InChI=1S/C19H20Br2N2O3/c1-3-5-17(24)22-14-6-4-7-15(10-14)23-18(25)11-26-19-12(2)8-13(20)9-16(19)21/h4,6-10H,3,5,11H2,1-2H3,(H,22,24)(H,23,25). The maximum Gasteiger partial charge on any atom is 0.262 e. The second kappa shape index (κ2) is 9.73. The van der Waals surface area contributed by atoms with Gasteiger partial charge < -0.3 is 15.4 Å². The summed E-state index contributed by atoms with van der Waals surface area (Å²) in [5, 5.41) is 5.57. The third-order valence-corrected chi connectivity index (χ3v) is 4.50. The Labute approximate surface area is 169 Å². The molecule has 0 aliphatic rings. The number of aryl methyl sites for hydroxylation is 1. The van der Waals surface area contributed by atoms with Crippen LogP contribution in [0.1, 0.15) is 25.3 Å². The highest BCUT2D eigenvalue weighted by Crippen LogP contribution is 2.32. The zero-order valence-electron chi connectivity index (χ0n) is 14.6. The van der Waals surface area contributed by atoms with Gasteiger partial charge in [0.2, 0.25) is 5.91 Å². The molecule has 7 heteroatoms. The molecule has 138 valence electrons. The van der Waals surface area contributed by atoms with Gasteiger partial charge in [-0.05, 0) is 65.2 Å². The van der Waals surface area contributed by atoms with E-state index in [1.54, 1.807) is 24.3 Å². The molecule has 0 bridgehead atoms. The summed E-state index contributed by atoms with van der Waals surface area (Å²) in [4.78, 5) is 23.8. The van der Waals surface area contributed by atoms with Gasteiger partial charge in [-0.25, -0.2) is 0 Å². The zero-order valence-corrected chi connectivity index (χ0v) is 17.7. The maximum atomic E-state index is 12.2. The molecule has 5 nitrogen and oxygen atoms in total. The monoisotopic (exact) mass is 482 g/mol. The molecule has 2 aromatic rings. The molecule has 0 fully saturated rings. The number of carbonyl (C=O) groups excluding carboxylic acids is 2. The number of hydrogen-bond acceptors (Lipinski definition) is 3. The van der Waals surface area contributed by atoms with Crippen LogP contribution >= 0.6 is 31.9 Å². The molecule has 0 spiro atoms. The molecule has 2 aromatic carbocycles. The van der Waals surface area contributed by atoms with E-state index in [0.29, 0.717) is 23.5 Å². The molecular weight excluding hydrogens is 464 g/mol. The highest BCUT2D eigenvalue weighted by Gasteiger charge is 2.10. The lowest BCUT2D eigenvalue weighted by atomic mass is 10.2. The number of carbonyl (C=O) groups is 2. The van der Waals surface area contributed by atoms with E-state index in [9.17, 15) is 9.59 Å². The Kier molecular flexibility index (Phi) is 7.66. The third kappa shape index (κ3) is 6.14. The summed E-state index contributed by atoms with van der Waals surface area (Å²) in [5.41, 5.74) is 2.16. The number of ether oxygens (including phenoxy) is 1. The number of nitrogens with one attached hydrogen (secondary N) is 2. The first-order chi connectivity index (χ1) is 12.4. The summed E-state index contributed by atoms with van der Waals surface area (Å²) in [5.74, 6) is 0.301. The van der Waals surface area contributed by atoms with Crippen LogP contribution < -0.4 is 15.4 Å². The number of hydrogen-bond donors (Lipinski definition) is 2. The van der Waals surface area contributed by atoms with E-state index in [2.05, 4.69) is 42.5 Å². The van der Waals surface area contributed by atoms with Crippen molar-refractivity contribution in [3.8, 4) is 5.75 Å². The average molecular weight is 484 g/mol. The van der Waals surface area contributed by atoms with Gasteiger partial charge in [0.25, 0.3) is 5.91 Å². The predicted molar refractivity (Wildman–Crippen MR) is 111 cm³/mol. The first kappa shape index (κ1) is 20.5. The largest absolute Gasteiger partial charge is 0.482 e. The first-order valence-electron chi connectivity index (χ1n) is 8.17. The van der Waals surface area contributed by atoms with Crippen LogP contribution in [0.5, 0.6) is 5.75 Å². The van der Waals surface area contributed by atoms with Gasteiger partial charge in [-0.15, -0.1) is 0 Å². The smallest absolute Gasteiger partial charge is 0.262 e. The minimum atomic E-state index is -0.281. The van der Waals surface area contributed by atoms with E-state index in [4.69, 9.17) is 4.74 Å².